The molecule has 0 spiro atoms. The normalized spacial score (nSPS) is 12.3. The van der Waals surface area contributed by atoms with Crippen LogP contribution in [0.4, 0.5) is 0 Å². The molecule has 0 saturated carbocycles. The van der Waals surface area contributed by atoms with Crippen molar-refractivity contribution in [3.05, 3.63) is 241 Å². The molecule has 0 bridgehead atoms. The molecule has 0 amide bonds. The summed E-state index contributed by atoms with van der Waals surface area (Å²) >= 11 is 0. The number of rotatable bonds is 5. The van der Waals surface area contributed by atoms with Gasteiger partial charge in [0.2, 0.25) is 0 Å². The molecule has 20 heteroatoms. The second-order valence-corrected chi connectivity index (χ2v) is 18.0. The van der Waals surface area contributed by atoms with E-state index in [2.05, 4.69) is 38.1 Å². The molecule has 0 aliphatic carbocycles. The van der Waals surface area contributed by atoms with Crippen LogP contribution in [0.25, 0.3) is 88.9 Å². The monoisotopic (exact) mass is 1510 g/mol. The summed E-state index contributed by atoms with van der Waals surface area (Å²) in [5.74, 6) is 0. The Balaban J connectivity index is 0.000000614. The van der Waals surface area contributed by atoms with Gasteiger partial charge in [0.25, 0.3) is 0 Å². The number of furan rings is 2. The third-order valence-electron chi connectivity index (χ3n) is 10.8. The number of aromatic nitrogens is 4. The van der Waals surface area contributed by atoms with Gasteiger partial charge in [-0.1, -0.05) is 116 Å². The van der Waals surface area contributed by atoms with Crippen molar-refractivity contribution in [3.8, 4) is 45.0 Å². The summed E-state index contributed by atoms with van der Waals surface area (Å²) in [5.41, 5.74) is 9.16. The van der Waals surface area contributed by atoms with Crippen LogP contribution in [0, 0.1) is 45.8 Å². The van der Waals surface area contributed by atoms with Gasteiger partial charge in [0.1, 0.15) is 16.7 Å². The number of hydrogen-bond acceptors (Lipinski definition) is 11. The molecule has 10 radical (unpaired) electrons. The number of fused-ring (bicyclic) bond motifs is 6. The van der Waals surface area contributed by atoms with Crippen LogP contribution in [-0.4, -0.2) is 107 Å². The molecule has 0 unspecified atom stereocenters. The van der Waals surface area contributed by atoms with E-state index in [1.807, 2.05) is 115 Å². The van der Waals surface area contributed by atoms with E-state index in [0.29, 0.717) is 45.3 Å². The molecule has 6 aromatic carbocycles. The minimum Gasteiger partial charge on any atom is -0.748 e. The third kappa shape index (κ3) is 23.1. The Hall–Kier alpha value is -6.96. The molecule has 11 nitrogen and oxygen atoms in total. The predicted molar refractivity (Wildman–Crippen MR) is 349 cm³/mol. The van der Waals surface area contributed by atoms with Crippen LogP contribution in [0.15, 0.2) is 209 Å². The van der Waals surface area contributed by atoms with Gasteiger partial charge < -0.3 is 38.6 Å². The standard InChI is InChI=1S/C17H11NO.C17H10NO.2C13H12N.CH4O3S.2CH4O.2CH4.B6.2Ir/c2*1-2-10-16-12(6-1)13-7-5-8-14(17(13)19-16)15-9-3-4-11-18-15;2*1-10-8-13(14-9-11(10)2)12-6-4-3-5-7-12;1-5(2,3)4;2*1-2;;;1-5(2)6(3)4;;/h1-11H;1-7,9-11H;2*3-6,8-9H,1-2H3;1H3,(H,2,3,4);2*2H,1H3;2*1H4;;;/q;3*-1;;;;;;;;/p-1/i2*3D,4D,9D,11D;2*2D3;;;;;;;;. The van der Waals surface area contributed by atoms with E-state index < -0.39 is 36.6 Å². The Labute approximate surface area is 554 Å². The van der Waals surface area contributed by atoms with Crippen molar-refractivity contribution in [2.24, 2.45) is 0 Å². The zero-order valence-electron chi connectivity index (χ0n) is 59.2. The van der Waals surface area contributed by atoms with Crippen molar-refractivity contribution in [2.75, 3.05) is 20.5 Å². The first-order chi connectivity index (χ1) is 44.8. The topological polar surface area (TPSA) is 175 Å². The zero-order valence-corrected chi connectivity index (χ0v) is 50.8. The van der Waals surface area contributed by atoms with Crippen LogP contribution < -0.4 is 0 Å². The molecule has 6 heterocycles. The maximum atomic E-state index is 9.08. The fourth-order valence-corrected chi connectivity index (χ4v) is 7.02. The van der Waals surface area contributed by atoms with Crippen molar-refractivity contribution < 1.29 is 91.4 Å². The number of aryl methyl sites for hydroxylation is 4. The SMILES string of the molecule is C.C.CO.CO.CS(=O)(=O)[O-].[2H]C([2H])([2H])c1cnc(-c2[c-]cccc2)cc1C.[2H]C([2H])([2H])c1cnc(-c2[c-]cccc2)cc1C.[2H]c1nc(-c2[c-]ccc3c2oc2ccccc23)c([2H])c([2H])c1[2H].[2H]c1nc(-c2cccc3c2oc2ccccc23)c([2H])c([2H])c1[2H].[B]B([B])B([B])[B].[Ir].[Ir]. The number of aliphatic hydroxyl groups excluding tert-OH is 2. The molecule has 0 aliphatic heterocycles. The number of pyridine rings is 4. The minimum absolute atomic E-state index is 0. The Morgan fingerprint density at radius 1 is 0.529 bits per heavy atom. The Kier molecular flexibility index (Phi) is 25.0. The van der Waals surface area contributed by atoms with Crippen molar-refractivity contribution in [1.82, 2.24) is 19.9 Å². The van der Waals surface area contributed by atoms with Gasteiger partial charge in [-0.15, -0.1) is 90.0 Å². The molecule has 6 aromatic heterocycles. The summed E-state index contributed by atoms with van der Waals surface area (Å²) < 4.78 is 146. The van der Waals surface area contributed by atoms with Gasteiger partial charge in [0.15, 0.2) is 0 Å². The van der Waals surface area contributed by atoms with Crippen LogP contribution in [0.5, 0.6) is 0 Å². The van der Waals surface area contributed by atoms with Crippen molar-refractivity contribution in [3.63, 3.8) is 0 Å². The molecule has 0 atom stereocenters. The van der Waals surface area contributed by atoms with Gasteiger partial charge in [-0.05, 0) is 92.1 Å². The first kappa shape index (κ1) is 54.7. The van der Waals surface area contributed by atoms with Gasteiger partial charge in [-0.25, -0.2) is 8.42 Å². The summed E-state index contributed by atoms with van der Waals surface area (Å²) in [4.78, 5) is 16.4. The first-order valence-electron chi connectivity index (χ1n) is 31.1. The summed E-state index contributed by atoms with van der Waals surface area (Å²) in [6.07, 6.45) is 1.64. The average Bonchev–Trinajstić information content (AvgIpc) is 1.70. The quantitative estimate of drug-likeness (QED) is 0.0953. The third-order valence-corrected chi connectivity index (χ3v) is 10.8. The van der Waals surface area contributed by atoms with Gasteiger partial charge in [-0.2, -0.15) is 0 Å². The fraction of sp³-hybridized carbons (Fsp3) is 0.138. The molecule has 432 valence electrons. The molecule has 12 rings (SSSR count). The van der Waals surface area contributed by atoms with E-state index in [0.717, 1.165) is 75.0 Å². The number of hydrogen-bond donors (Lipinski definition) is 2. The molecular formula is C65H64B6Ir2N4O7S-4. The minimum atomic E-state index is -3.92. The summed E-state index contributed by atoms with van der Waals surface area (Å²) in [6, 6.07) is 50.4. The molecular weight excluding hydrogens is 1430 g/mol. The molecule has 0 saturated heterocycles. The van der Waals surface area contributed by atoms with Crippen LogP contribution in [-0.2, 0) is 50.3 Å². The largest absolute Gasteiger partial charge is 0.748 e. The summed E-state index contributed by atoms with van der Waals surface area (Å²) in [6.45, 7) is -0.627. The van der Waals surface area contributed by atoms with Gasteiger partial charge >= 0.3 is 0 Å². The maximum absolute atomic E-state index is 9.08. The molecule has 0 fully saturated rings. The second kappa shape index (κ2) is 38.9. The van der Waals surface area contributed by atoms with E-state index in [9.17, 15) is 0 Å². The van der Waals surface area contributed by atoms with E-state index in [4.69, 9.17) is 82.2 Å². The van der Waals surface area contributed by atoms with E-state index in [1.54, 1.807) is 38.1 Å². The molecule has 85 heavy (non-hydrogen) atoms. The fourth-order valence-electron chi connectivity index (χ4n) is 7.02. The van der Waals surface area contributed by atoms with E-state index in [1.165, 1.54) is 12.4 Å². The summed E-state index contributed by atoms with van der Waals surface area (Å²) in [7, 11) is 17.9. The van der Waals surface area contributed by atoms with Crippen molar-refractivity contribution >= 4 is 97.7 Å². The zero-order chi connectivity index (χ0) is 70.9. The smallest absolute Gasteiger partial charge is 0.144 e. The van der Waals surface area contributed by atoms with Gasteiger partial charge in [-0.3, -0.25) is 4.98 Å². The predicted octanol–water partition coefficient (Wildman–Crippen LogP) is 12.8. The maximum Gasteiger partial charge on any atom is 0.144 e. The Morgan fingerprint density at radius 3 is 1.40 bits per heavy atom. The average molecular weight is 1510 g/mol. The van der Waals surface area contributed by atoms with Crippen LogP contribution >= 0.6 is 0 Å². The molecule has 2 N–H and O–H groups in total. The molecule has 0 aliphatic rings. The van der Waals surface area contributed by atoms with Crippen molar-refractivity contribution in [2.45, 2.75) is 42.4 Å². The number of aliphatic hydroxyl groups is 2. The van der Waals surface area contributed by atoms with Crippen LogP contribution in [0.2, 0.25) is 0 Å². The molecule has 12 aromatic rings. The first-order valence-corrected chi connectivity index (χ1v) is 25.9. The number of nitrogens with zero attached hydrogens (tertiary/aromatic N) is 4. The number of benzene rings is 6. The van der Waals surface area contributed by atoms with Gasteiger partial charge in [0, 0.05) is 159 Å². The van der Waals surface area contributed by atoms with Crippen LogP contribution in [0.3, 0.4) is 0 Å². The van der Waals surface area contributed by atoms with Crippen LogP contribution in [0.1, 0.15) is 56.3 Å². The Morgan fingerprint density at radius 2 is 0.953 bits per heavy atom. The van der Waals surface area contributed by atoms with Crippen molar-refractivity contribution in [1.29, 1.82) is 0 Å². The van der Waals surface area contributed by atoms with E-state index in [-0.39, 0.29) is 115 Å². The second-order valence-electron chi connectivity index (χ2n) is 16.5. The van der Waals surface area contributed by atoms with E-state index >= 15 is 0 Å². The number of para-hydroxylation sites is 3. The summed E-state index contributed by atoms with van der Waals surface area (Å²) in [5, 5.41) is 17.7. The van der Waals surface area contributed by atoms with Gasteiger partial charge in [0.05, 0.1) is 32.4 Å². The Bertz CT molecular complexity index is 4400.